The van der Waals surface area contributed by atoms with Gasteiger partial charge in [-0.25, -0.2) is 4.79 Å². The van der Waals surface area contributed by atoms with Crippen molar-refractivity contribution in [1.82, 2.24) is 0 Å². The molecular weight excluding hydrogens is 342 g/mol. The number of carbonyl (C=O) groups is 1. The standard InChI is InChI=1S/C22H19NO4/c1-26-21-14-10-18(9-13-20(21)24)17-7-11-19(12-8-17)23-22(25)27-15-16-5-3-2-4-6-16/h2-14H,15H2,1H3,(H,23,25). The van der Waals surface area contributed by atoms with Gasteiger partial charge in [0.05, 0.1) is 7.11 Å². The third-order valence-electron chi connectivity index (χ3n) is 3.97. The minimum absolute atomic E-state index is 0.178. The van der Waals surface area contributed by atoms with E-state index in [0.29, 0.717) is 11.4 Å². The molecule has 1 N–H and O–H groups in total. The predicted octanol–water partition coefficient (Wildman–Crippen LogP) is 4.47. The Morgan fingerprint density at radius 1 is 0.852 bits per heavy atom. The maximum Gasteiger partial charge on any atom is 0.411 e. The summed E-state index contributed by atoms with van der Waals surface area (Å²) >= 11 is 0. The van der Waals surface area contributed by atoms with Gasteiger partial charge in [0, 0.05) is 5.69 Å². The summed E-state index contributed by atoms with van der Waals surface area (Å²) in [5, 5.41) is 2.69. The fourth-order valence-electron chi connectivity index (χ4n) is 2.53. The molecule has 0 heterocycles. The van der Waals surface area contributed by atoms with Gasteiger partial charge < -0.3 is 9.47 Å². The molecule has 0 saturated carbocycles. The number of methoxy groups -OCH3 is 1. The highest BCUT2D eigenvalue weighted by Crippen LogP contribution is 2.21. The molecule has 0 aliphatic heterocycles. The number of benzene rings is 2. The van der Waals surface area contributed by atoms with Gasteiger partial charge >= 0.3 is 6.09 Å². The summed E-state index contributed by atoms with van der Waals surface area (Å²) in [7, 11) is 1.47. The number of ether oxygens (including phenoxy) is 2. The van der Waals surface area contributed by atoms with Gasteiger partial charge in [0.25, 0.3) is 0 Å². The third-order valence-corrected chi connectivity index (χ3v) is 3.97. The van der Waals surface area contributed by atoms with Crippen LogP contribution < -0.4 is 15.5 Å². The van der Waals surface area contributed by atoms with E-state index < -0.39 is 6.09 Å². The molecular formula is C22H19NO4. The van der Waals surface area contributed by atoms with Crippen LogP contribution in [0.15, 0.2) is 83.7 Å². The lowest BCUT2D eigenvalue weighted by Gasteiger charge is -2.08. The molecule has 5 heteroatoms. The first kappa shape index (κ1) is 18.2. The fourth-order valence-corrected chi connectivity index (χ4v) is 2.53. The van der Waals surface area contributed by atoms with E-state index >= 15 is 0 Å². The molecule has 0 aliphatic rings. The van der Waals surface area contributed by atoms with Gasteiger partial charge in [0.15, 0.2) is 5.75 Å². The molecule has 0 fully saturated rings. The molecule has 0 spiro atoms. The lowest BCUT2D eigenvalue weighted by Crippen LogP contribution is -2.13. The minimum Gasteiger partial charge on any atom is -0.493 e. The Labute approximate surface area is 157 Å². The number of hydrogen-bond acceptors (Lipinski definition) is 4. The van der Waals surface area contributed by atoms with Crippen molar-refractivity contribution in [3.05, 3.63) is 94.6 Å². The topological polar surface area (TPSA) is 64.6 Å². The van der Waals surface area contributed by atoms with Crippen LogP contribution in [0.25, 0.3) is 11.1 Å². The fraction of sp³-hybridized carbons (Fsp3) is 0.0909. The number of rotatable bonds is 5. The molecule has 3 rings (SSSR count). The van der Waals surface area contributed by atoms with Crippen molar-refractivity contribution in [3.8, 4) is 16.9 Å². The van der Waals surface area contributed by atoms with Crippen LogP contribution in [-0.4, -0.2) is 13.2 Å². The zero-order valence-corrected chi connectivity index (χ0v) is 14.8. The van der Waals surface area contributed by atoms with Crippen molar-refractivity contribution < 1.29 is 14.3 Å². The van der Waals surface area contributed by atoms with Gasteiger partial charge in [-0.1, -0.05) is 54.6 Å². The van der Waals surface area contributed by atoms with Crippen LogP contribution in [0.3, 0.4) is 0 Å². The summed E-state index contributed by atoms with van der Waals surface area (Å²) in [5.41, 5.74) is 3.15. The first-order valence-corrected chi connectivity index (χ1v) is 8.42. The van der Waals surface area contributed by atoms with Crippen molar-refractivity contribution in [2.24, 2.45) is 0 Å². The van der Waals surface area contributed by atoms with Gasteiger partial charge in [-0.15, -0.1) is 0 Å². The van der Waals surface area contributed by atoms with E-state index in [1.54, 1.807) is 24.3 Å². The van der Waals surface area contributed by atoms with E-state index in [1.807, 2.05) is 48.5 Å². The average Bonchev–Trinajstić information content (AvgIpc) is 2.89. The smallest absolute Gasteiger partial charge is 0.411 e. The molecule has 3 aromatic rings. The normalized spacial score (nSPS) is 10.1. The van der Waals surface area contributed by atoms with Crippen LogP contribution in [0.5, 0.6) is 5.75 Å². The average molecular weight is 361 g/mol. The van der Waals surface area contributed by atoms with Gasteiger partial charge in [0.1, 0.15) is 6.61 Å². The van der Waals surface area contributed by atoms with Gasteiger partial charge in [0.2, 0.25) is 5.43 Å². The van der Waals surface area contributed by atoms with Crippen LogP contribution in [0.1, 0.15) is 5.56 Å². The van der Waals surface area contributed by atoms with E-state index in [4.69, 9.17) is 9.47 Å². The predicted molar refractivity (Wildman–Crippen MR) is 105 cm³/mol. The van der Waals surface area contributed by atoms with Crippen LogP contribution in [-0.2, 0) is 11.3 Å². The Hall–Kier alpha value is -3.60. The maximum absolute atomic E-state index is 11.9. The summed E-state index contributed by atoms with van der Waals surface area (Å²) in [6.07, 6.45) is -0.515. The Morgan fingerprint density at radius 3 is 2.15 bits per heavy atom. The highest BCUT2D eigenvalue weighted by atomic mass is 16.5. The van der Waals surface area contributed by atoms with Crippen LogP contribution >= 0.6 is 0 Å². The monoisotopic (exact) mass is 361 g/mol. The maximum atomic E-state index is 11.9. The molecule has 0 atom stereocenters. The molecule has 0 aliphatic carbocycles. The summed E-state index contributed by atoms with van der Waals surface area (Å²) < 4.78 is 10.2. The lowest BCUT2D eigenvalue weighted by molar-refractivity contribution is 0.155. The first-order chi connectivity index (χ1) is 13.2. The van der Waals surface area contributed by atoms with E-state index in [1.165, 1.54) is 13.2 Å². The number of amides is 1. The Bertz CT molecular complexity index is 969. The van der Waals surface area contributed by atoms with Gasteiger partial charge in [-0.3, -0.25) is 10.1 Å². The SMILES string of the molecule is COc1ccc(-c2ccc(NC(=O)OCc3ccccc3)cc2)ccc1=O. The van der Waals surface area contributed by atoms with Crippen LogP contribution in [0.4, 0.5) is 10.5 Å². The molecule has 27 heavy (non-hydrogen) atoms. The molecule has 0 radical (unpaired) electrons. The van der Waals surface area contributed by atoms with Crippen molar-refractivity contribution in [2.45, 2.75) is 6.61 Å². The minimum atomic E-state index is -0.515. The summed E-state index contributed by atoms with van der Waals surface area (Å²) in [5.74, 6) is 0.292. The zero-order chi connectivity index (χ0) is 19.1. The van der Waals surface area contributed by atoms with Crippen molar-refractivity contribution in [1.29, 1.82) is 0 Å². The van der Waals surface area contributed by atoms with Crippen molar-refractivity contribution >= 4 is 11.8 Å². The number of carbonyl (C=O) groups excluding carboxylic acids is 1. The van der Waals surface area contributed by atoms with Gasteiger partial charge in [-0.05, 0) is 41.0 Å². The summed E-state index contributed by atoms with van der Waals surface area (Å²) in [6, 6.07) is 23.4. The van der Waals surface area contributed by atoms with Crippen molar-refractivity contribution in [3.63, 3.8) is 0 Å². The highest BCUT2D eigenvalue weighted by molar-refractivity contribution is 5.85. The van der Waals surface area contributed by atoms with E-state index in [0.717, 1.165) is 16.7 Å². The van der Waals surface area contributed by atoms with E-state index in [9.17, 15) is 9.59 Å². The number of nitrogens with one attached hydrogen (secondary N) is 1. The van der Waals surface area contributed by atoms with Gasteiger partial charge in [-0.2, -0.15) is 0 Å². The second-order valence-corrected chi connectivity index (χ2v) is 5.82. The molecule has 0 bridgehead atoms. The van der Waals surface area contributed by atoms with E-state index in [2.05, 4.69) is 5.32 Å². The molecule has 0 saturated heterocycles. The molecule has 0 unspecified atom stereocenters. The van der Waals surface area contributed by atoms with Crippen LogP contribution in [0.2, 0.25) is 0 Å². The Kier molecular flexibility index (Phi) is 5.84. The zero-order valence-electron chi connectivity index (χ0n) is 14.8. The number of anilines is 1. The van der Waals surface area contributed by atoms with Crippen molar-refractivity contribution in [2.75, 3.05) is 12.4 Å². The second-order valence-electron chi connectivity index (χ2n) is 5.82. The quantitative estimate of drug-likeness (QED) is 0.728. The molecule has 136 valence electrons. The third kappa shape index (κ3) is 4.95. The Morgan fingerprint density at radius 2 is 1.48 bits per heavy atom. The lowest BCUT2D eigenvalue weighted by atomic mass is 10.1. The molecule has 1 amide bonds. The highest BCUT2D eigenvalue weighted by Gasteiger charge is 2.05. The Balaban J connectivity index is 1.64. The van der Waals surface area contributed by atoms with E-state index in [-0.39, 0.29) is 12.0 Å². The number of hydrogen-bond donors (Lipinski definition) is 1. The molecule has 5 nitrogen and oxygen atoms in total. The summed E-state index contributed by atoms with van der Waals surface area (Å²) in [4.78, 5) is 23.7. The molecule has 0 aromatic heterocycles. The second kappa shape index (κ2) is 8.67. The largest absolute Gasteiger partial charge is 0.493 e. The molecule has 3 aromatic carbocycles. The van der Waals surface area contributed by atoms with Crippen LogP contribution in [0, 0.1) is 0 Å². The first-order valence-electron chi connectivity index (χ1n) is 8.42. The summed E-state index contributed by atoms with van der Waals surface area (Å²) in [6.45, 7) is 0.213.